The lowest BCUT2D eigenvalue weighted by Crippen LogP contribution is -2.13. The van der Waals surface area contributed by atoms with Gasteiger partial charge in [0.25, 0.3) is 0 Å². The van der Waals surface area contributed by atoms with Crippen molar-refractivity contribution in [1.29, 1.82) is 0 Å². The number of hydrogen-bond acceptors (Lipinski definition) is 4. The second-order valence-electron chi connectivity index (χ2n) is 2.94. The molecule has 0 saturated carbocycles. The molecule has 2 rings (SSSR count). The number of halogens is 2. The molecule has 0 bridgehead atoms. The number of aromatic nitrogens is 1. The molecule has 0 spiro atoms. The number of H-pyrrole nitrogens is 1. The number of fused-ring (bicyclic) bond motifs is 1. The molecule has 0 unspecified atom stereocenters. The van der Waals surface area contributed by atoms with E-state index in [1.165, 1.54) is 6.07 Å². The van der Waals surface area contributed by atoms with Gasteiger partial charge in [-0.2, -0.15) is 0 Å². The van der Waals surface area contributed by atoms with E-state index in [-0.39, 0.29) is 25.5 Å². The average molecular weight is 328 g/mol. The van der Waals surface area contributed by atoms with Gasteiger partial charge in [0.15, 0.2) is 5.58 Å². The number of benzene rings is 1. The lowest BCUT2D eigenvalue weighted by atomic mass is 10.3. The molecule has 16 heavy (non-hydrogen) atoms. The van der Waals surface area contributed by atoms with Gasteiger partial charge in [-0.05, 0) is 22.0 Å². The van der Waals surface area contributed by atoms with E-state index in [0.717, 1.165) is 0 Å². The van der Waals surface area contributed by atoms with Crippen molar-refractivity contribution in [1.82, 2.24) is 4.98 Å². The molecule has 6 nitrogen and oxygen atoms in total. The number of nitrogens with one attached hydrogen (secondary N) is 1. The number of nitrogens with two attached hydrogens (primary N) is 1. The first-order chi connectivity index (χ1) is 7.30. The fourth-order valence-electron chi connectivity index (χ4n) is 1.27. The summed E-state index contributed by atoms with van der Waals surface area (Å²) >= 11 is 8.81. The van der Waals surface area contributed by atoms with Crippen LogP contribution in [-0.4, -0.2) is 13.4 Å². The molecule has 0 aliphatic rings. The van der Waals surface area contributed by atoms with Crippen LogP contribution in [0.2, 0.25) is 5.02 Å². The van der Waals surface area contributed by atoms with Gasteiger partial charge < -0.3 is 4.42 Å². The van der Waals surface area contributed by atoms with Crippen molar-refractivity contribution in [3.05, 3.63) is 26.1 Å². The van der Waals surface area contributed by atoms with Gasteiger partial charge in [-0.15, -0.1) is 0 Å². The molecule has 0 fully saturated rings. The number of hydrogen-bond donors (Lipinski definition) is 2. The van der Waals surface area contributed by atoms with Crippen LogP contribution in [0.25, 0.3) is 11.1 Å². The molecule has 0 radical (unpaired) electrons. The molecule has 1 aromatic carbocycles. The molecule has 0 saturated heterocycles. The maximum Gasteiger partial charge on any atom is 0.417 e. The summed E-state index contributed by atoms with van der Waals surface area (Å²) in [7, 11) is -4.00. The highest BCUT2D eigenvalue weighted by molar-refractivity contribution is 9.10. The van der Waals surface area contributed by atoms with Gasteiger partial charge in [-0.3, -0.25) is 4.98 Å². The highest BCUT2D eigenvalue weighted by Crippen LogP contribution is 2.34. The van der Waals surface area contributed by atoms with Crippen LogP contribution in [0, 0.1) is 0 Å². The van der Waals surface area contributed by atoms with E-state index in [9.17, 15) is 13.2 Å². The smallest absolute Gasteiger partial charge is 0.406 e. The Labute approximate surface area is 103 Å². The average Bonchev–Trinajstić information content (AvgIpc) is 2.43. The zero-order valence-electron chi connectivity index (χ0n) is 7.45. The third-order valence-electron chi connectivity index (χ3n) is 1.85. The van der Waals surface area contributed by atoms with E-state index in [0.29, 0.717) is 0 Å². The topological polar surface area (TPSA) is 106 Å². The van der Waals surface area contributed by atoms with Crippen molar-refractivity contribution < 1.29 is 12.8 Å². The first-order valence-electron chi connectivity index (χ1n) is 3.84. The normalized spacial score (nSPS) is 12.2. The fourth-order valence-corrected chi connectivity index (χ4v) is 3.72. The van der Waals surface area contributed by atoms with Crippen LogP contribution >= 0.6 is 27.5 Å². The van der Waals surface area contributed by atoms with Gasteiger partial charge in [0.2, 0.25) is 10.0 Å². The van der Waals surface area contributed by atoms with Crippen LogP contribution < -0.4 is 10.9 Å². The molecule has 0 aliphatic carbocycles. The Balaban J connectivity index is 3.02. The highest BCUT2D eigenvalue weighted by Gasteiger charge is 2.22. The van der Waals surface area contributed by atoms with Gasteiger partial charge in [-0.1, -0.05) is 11.6 Å². The summed E-state index contributed by atoms with van der Waals surface area (Å²) in [5.41, 5.74) is 0.244. The summed E-state index contributed by atoms with van der Waals surface area (Å²) in [6.45, 7) is 0. The van der Waals surface area contributed by atoms with Crippen molar-refractivity contribution in [3.8, 4) is 0 Å². The summed E-state index contributed by atoms with van der Waals surface area (Å²) in [6.07, 6.45) is 0. The zero-order chi connectivity index (χ0) is 12.1. The second kappa shape index (κ2) is 3.59. The molecule has 86 valence electrons. The van der Waals surface area contributed by atoms with Crippen LogP contribution in [0.4, 0.5) is 0 Å². The standard InChI is InChI=1S/C7H4BrClN2O4S/c8-2-1-3-5(15-7(12)11-3)4(9)6(2)16(10,13)14/h1H,(H,11,12)(H2,10,13,14). The van der Waals surface area contributed by atoms with Gasteiger partial charge in [0, 0.05) is 4.47 Å². The van der Waals surface area contributed by atoms with Crippen molar-refractivity contribution >= 4 is 48.7 Å². The number of aromatic amines is 1. The first kappa shape index (κ1) is 11.6. The minimum Gasteiger partial charge on any atom is -0.406 e. The van der Waals surface area contributed by atoms with Crippen molar-refractivity contribution in [2.45, 2.75) is 4.90 Å². The van der Waals surface area contributed by atoms with Gasteiger partial charge >= 0.3 is 5.76 Å². The molecular weight excluding hydrogens is 324 g/mol. The van der Waals surface area contributed by atoms with Gasteiger partial charge in [0.1, 0.15) is 9.92 Å². The predicted octanol–water partition coefficient (Wildman–Crippen LogP) is 1.18. The molecule has 1 aromatic heterocycles. The first-order valence-corrected chi connectivity index (χ1v) is 6.56. The van der Waals surface area contributed by atoms with Gasteiger partial charge in [-0.25, -0.2) is 18.4 Å². The molecule has 9 heteroatoms. The van der Waals surface area contributed by atoms with E-state index in [1.807, 2.05) is 0 Å². The lowest BCUT2D eigenvalue weighted by Gasteiger charge is -2.04. The van der Waals surface area contributed by atoms with E-state index in [4.69, 9.17) is 21.2 Å². The number of oxazole rings is 1. The van der Waals surface area contributed by atoms with Crippen molar-refractivity contribution in [2.75, 3.05) is 0 Å². The predicted molar refractivity (Wildman–Crippen MR) is 60.9 cm³/mol. The largest absolute Gasteiger partial charge is 0.417 e. The summed E-state index contributed by atoms with van der Waals surface area (Å²) in [4.78, 5) is 13.0. The Bertz CT molecular complexity index is 733. The zero-order valence-corrected chi connectivity index (χ0v) is 10.6. The third kappa shape index (κ3) is 1.77. The van der Waals surface area contributed by atoms with Crippen LogP contribution in [0.1, 0.15) is 0 Å². The fraction of sp³-hybridized carbons (Fsp3) is 0. The lowest BCUT2D eigenvalue weighted by molar-refractivity contribution is 0.554. The van der Waals surface area contributed by atoms with Crippen LogP contribution in [0.5, 0.6) is 0 Å². The maximum atomic E-state index is 11.3. The SMILES string of the molecule is NS(=O)(=O)c1c(Br)cc2[nH]c(=O)oc2c1Cl. The molecule has 0 atom stereocenters. The van der Waals surface area contributed by atoms with Crippen LogP contribution in [0.3, 0.4) is 0 Å². The minimum atomic E-state index is -4.00. The Morgan fingerprint density at radius 1 is 1.50 bits per heavy atom. The Morgan fingerprint density at radius 2 is 2.12 bits per heavy atom. The summed E-state index contributed by atoms with van der Waals surface area (Å²) in [6, 6.07) is 1.35. The number of rotatable bonds is 1. The number of sulfonamides is 1. The monoisotopic (exact) mass is 326 g/mol. The Morgan fingerprint density at radius 3 is 2.69 bits per heavy atom. The second-order valence-corrected chi connectivity index (χ2v) is 5.67. The van der Waals surface area contributed by atoms with E-state index in [1.54, 1.807) is 0 Å². The van der Waals surface area contributed by atoms with Crippen LogP contribution in [0.15, 0.2) is 24.6 Å². The molecular formula is C7H4BrClN2O4S. The Kier molecular flexibility index (Phi) is 2.61. The van der Waals surface area contributed by atoms with E-state index >= 15 is 0 Å². The molecule has 0 amide bonds. The molecule has 0 aliphatic heterocycles. The number of primary sulfonamides is 1. The minimum absolute atomic E-state index is 0.0427. The highest BCUT2D eigenvalue weighted by atomic mass is 79.9. The molecule has 2 aromatic rings. The molecule has 1 heterocycles. The quantitative estimate of drug-likeness (QED) is 0.820. The summed E-state index contributed by atoms with van der Waals surface area (Å²) in [5.74, 6) is -0.727. The van der Waals surface area contributed by atoms with Crippen LogP contribution in [-0.2, 0) is 10.0 Å². The third-order valence-corrected chi connectivity index (χ3v) is 4.20. The van der Waals surface area contributed by atoms with Crippen molar-refractivity contribution in [2.24, 2.45) is 5.14 Å². The van der Waals surface area contributed by atoms with E-state index in [2.05, 4.69) is 20.9 Å². The summed E-state index contributed by atoms with van der Waals surface area (Å²) < 4.78 is 27.4. The molecule has 3 N–H and O–H groups in total. The van der Waals surface area contributed by atoms with Crippen molar-refractivity contribution in [3.63, 3.8) is 0 Å². The van der Waals surface area contributed by atoms with E-state index < -0.39 is 15.8 Å². The van der Waals surface area contributed by atoms with Gasteiger partial charge in [0.05, 0.1) is 5.52 Å². The maximum absolute atomic E-state index is 11.3. The summed E-state index contributed by atoms with van der Waals surface area (Å²) in [5, 5.41) is 4.75. The Hall–Kier alpha value is -0.830.